The number of para-hydroxylation sites is 2. The van der Waals surface area contributed by atoms with Crippen LogP contribution in [0.3, 0.4) is 0 Å². The molecule has 0 spiro atoms. The molecule has 0 atom stereocenters. The van der Waals surface area contributed by atoms with E-state index in [-0.39, 0.29) is 5.91 Å². The number of hydrogen-bond donors (Lipinski definition) is 2. The summed E-state index contributed by atoms with van der Waals surface area (Å²) >= 11 is 3.10. The van der Waals surface area contributed by atoms with Crippen molar-refractivity contribution >= 4 is 49.7 Å². The quantitative estimate of drug-likeness (QED) is 0.462. The van der Waals surface area contributed by atoms with Gasteiger partial charge in [0.25, 0.3) is 5.91 Å². The van der Waals surface area contributed by atoms with Gasteiger partial charge in [-0.05, 0) is 18.2 Å². The van der Waals surface area contributed by atoms with Crippen LogP contribution in [0.4, 0.5) is 0 Å². The summed E-state index contributed by atoms with van der Waals surface area (Å²) in [7, 11) is 0. The van der Waals surface area contributed by atoms with Crippen molar-refractivity contribution in [2.24, 2.45) is 0 Å². The first kappa shape index (κ1) is 16.2. The van der Waals surface area contributed by atoms with E-state index in [1.807, 2.05) is 36.4 Å². The summed E-state index contributed by atoms with van der Waals surface area (Å²) in [6.45, 7) is 0.349. The van der Waals surface area contributed by atoms with Gasteiger partial charge in [0, 0.05) is 21.0 Å². The van der Waals surface area contributed by atoms with Gasteiger partial charge in [-0.2, -0.15) is 0 Å². The first-order chi connectivity index (χ1) is 13.3. The highest BCUT2D eigenvalue weighted by atomic mass is 32.1. The maximum absolute atomic E-state index is 12.5. The Morgan fingerprint density at radius 3 is 2.89 bits per heavy atom. The summed E-state index contributed by atoms with van der Waals surface area (Å²) in [5, 5.41) is 7.04. The van der Waals surface area contributed by atoms with Gasteiger partial charge in [-0.25, -0.2) is 9.97 Å². The summed E-state index contributed by atoms with van der Waals surface area (Å²) in [6.07, 6.45) is 1.64. The van der Waals surface area contributed by atoms with Gasteiger partial charge in [0.1, 0.15) is 15.7 Å². The number of fused-ring (bicyclic) bond motifs is 2. The van der Waals surface area contributed by atoms with Crippen molar-refractivity contribution in [1.82, 2.24) is 20.3 Å². The molecule has 2 aromatic carbocycles. The Kier molecular flexibility index (Phi) is 3.95. The van der Waals surface area contributed by atoms with E-state index in [2.05, 4.69) is 37.8 Å². The highest BCUT2D eigenvalue weighted by Gasteiger charge is 2.15. The summed E-state index contributed by atoms with van der Waals surface area (Å²) in [5.41, 5.74) is 2.94. The van der Waals surface area contributed by atoms with E-state index >= 15 is 0 Å². The van der Waals surface area contributed by atoms with E-state index in [1.54, 1.807) is 17.5 Å². The van der Waals surface area contributed by atoms with Crippen molar-refractivity contribution in [2.45, 2.75) is 6.54 Å². The molecule has 0 aliphatic rings. The molecule has 0 unspecified atom stereocenters. The lowest BCUT2D eigenvalue weighted by Crippen LogP contribution is -2.22. The van der Waals surface area contributed by atoms with Crippen molar-refractivity contribution < 1.29 is 4.79 Å². The Balaban J connectivity index is 1.34. The molecule has 0 bridgehead atoms. The molecule has 132 valence electrons. The number of aromatic nitrogens is 3. The smallest absolute Gasteiger partial charge is 0.263 e. The monoisotopic (exact) mass is 390 g/mol. The van der Waals surface area contributed by atoms with Crippen LogP contribution < -0.4 is 5.32 Å². The lowest BCUT2D eigenvalue weighted by atomic mass is 10.2. The lowest BCUT2D eigenvalue weighted by molar-refractivity contribution is 0.0954. The molecule has 5 nitrogen and oxygen atoms in total. The Labute approximate surface area is 162 Å². The van der Waals surface area contributed by atoms with Crippen molar-refractivity contribution in [3.05, 3.63) is 70.8 Å². The number of aromatic amines is 1. The molecule has 0 saturated carbocycles. The van der Waals surface area contributed by atoms with Gasteiger partial charge in [0.2, 0.25) is 0 Å². The number of imidazole rings is 1. The number of H-pyrrole nitrogens is 1. The molecule has 3 heterocycles. The zero-order chi connectivity index (χ0) is 18.2. The van der Waals surface area contributed by atoms with Gasteiger partial charge in [-0.15, -0.1) is 22.7 Å². The lowest BCUT2D eigenvalue weighted by Gasteiger charge is -1.99. The molecular formula is C20H14N4OS2. The number of carbonyl (C=O) groups excluding carboxylic acids is 1. The number of nitrogens with one attached hydrogen (secondary N) is 2. The maximum atomic E-state index is 12.5. The molecule has 0 aliphatic carbocycles. The van der Waals surface area contributed by atoms with Crippen molar-refractivity contribution in [2.75, 3.05) is 0 Å². The minimum absolute atomic E-state index is 0.140. The van der Waals surface area contributed by atoms with Gasteiger partial charge >= 0.3 is 0 Å². The molecule has 5 aromatic rings. The molecule has 3 aromatic heterocycles. The van der Waals surface area contributed by atoms with E-state index < -0.39 is 0 Å². The normalized spacial score (nSPS) is 11.3. The van der Waals surface area contributed by atoms with Crippen molar-refractivity contribution in [1.29, 1.82) is 0 Å². The van der Waals surface area contributed by atoms with Gasteiger partial charge in [-0.3, -0.25) is 4.79 Å². The Bertz CT molecular complexity index is 1230. The standard InChI is InChI=1S/C20H14N4OS2/c25-19(21-10-18-23-14-6-2-3-7-15(14)24-18)17-9-22-20(27-17)13-11-26-16-8-4-1-5-12(13)16/h1-9,11H,10H2,(H,21,25)(H,23,24). The first-order valence-corrected chi connectivity index (χ1v) is 10.1. The second kappa shape index (κ2) is 6.61. The van der Waals surface area contributed by atoms with E-state index in [9.17, 15) is 4.79 Å². The summed E-state index contributed by atoms with van der Waals surface area (Å²) in [4.78, 5) is 25.2. The fraction of sp³-hybridized carbons (Fsp3) is 0.0500. The second-order valence-electron chi connectivity index (χ2n) is 6.06. The fourth-order valence-corrected chi connectivity index (χ4v) is 4.87. The Morgan fingerprint density at radius 1 is 1.11 bits per heavy atom. The van der Waals surface area contributed by atoms with E-state index in [0.717, 1.165) is 27.4 Å². The number of hydrogen-bond acceptors (Lipinski definition) is 5. The molecule has 1 amide bonds. The van der Waals surface area contributed by atoms with Crippen LogP contribution in [0.5, 0.6) is 0 Å². The van der Waals surface area contributed by atoms with Crippen LogP contribution in [0.1, 0.15) is 15.5 Å². The maximum Gasteiger partial charge on any atom is 0.263 e. The van der Waals surface area contributed by atoms with Crippen LogP contribution in [-0.4, -0.2) is 20.9 Å². The van der Waals surface area contributed by atoms with E-state index in [4.69, 9.17) is 0 Å². The topological polar surface area (TPSA) is 70.7 Å². The number of amides is 1. The van der Waals surface area contributed by atoms with Crippen LogP contribution >= 0.6 is 22.7 Å². The minimum Gasteiger partial charge on any atom is -0.344 e. The SMILES string of the molecule is O=C(NCc1nc2ccccc2[nH]1)c1cnc(-c2csc3ccccc23)s1. The van der Waals surface area contributed by atoms with E-state index in [1.165, 1.54) is 21.4 Å². The third kappa shape index (κ3) is 3.01. The number of nitrogens with zero attached hydrogens (tertiary/aromatic N) is 2. The molecule has 0 aliphatic heterocycles. The van der Waals surface area contributed by atoms with Gasteiger partial charge in [-0.1, -0.05) is 30.3 Å². The highest BCUT2D eigenvalue weighted by molar-refractivity contribution is 7.19. The fourth-order valence-electron chi connectivity index (χ4n) is 2.99. The van der Waals surface area contributed by atoms with Crippen LogP contribution in [0.15, 0.2) is 60.1 Å². The Morgan fingerprint density at radius 2 is 1.96 bits per heavy atom. The van der Waals surface area contributed by atoms with Crippen molar-refractivity contribution in [3.8, 4) is 10.6 Å². The van der Waals surface area contributed by atoms with Gasteiger partial charge in [0.05, 0.1) is 23.8 Å². The predicted molar refractivity (Wildman–Crippen MR) is 110 cm³/mol. The summed E-state index contributed by atoms with van der Waals surface area (Å²) in [6, 6.07) is 16.0. The van der Waals surface area contributed by atoms with Crippen LogP contribution in [0, 0.1) is 0 Å². The predicted octanol–water partition coefficient (Wildman–Crippen LogP) is 4.83. The number of thiazole rings is 1. The molecule has 27 heavy (non-hydrogen) atoms. The minimum atomic E-state index is -0.140. The number of thiophene rings is 1. The zero-order valence-corrected chi connectivity index (χ0v) is 15.7. The molecule has 2 N–H and O–H groups in total. The second-order valence-corrected chi connectivity index (χ2v) is 8.00. The zero-order valence-electron chi connectivity index (χ0n) is 14.1. The average Bonchev–Trinajstić information content (AvgIpc) is 3.42. The third-order valence-electron chi connectivity index (χ3n) is 4.30. The van der Waals surface area contributed by atoms with E-state index in [0.29, 0.717) is 11.4 Å². The number of carbonyl (C=O) groups is 1. The van der Waals surface area contributed by atoms with Crippen LogP contribution in [0.25, 0.3) is 31.7 Å². The van der Waals surface area contributed by atoms with Crippen molar-refractivity contribution in [3.63, 3.8) is 0 Å². The Hall–Kier alpha value is -3.03. The molecular weight excluding hydrogens is 376 g/mol. The molecule has 7 heteroatoms. The largest absolute Gasteiger partial charge is 0.344 e. The van der Waals surface area contributed by atoms with Crippen LogP contribution in [-0.2, 0) is 6.54 Å². The molecule has 0 radical (unpaired) electrons. The van der Waals surface area contributed by atoms with Crippen LogP contribution in [0.2, 0.25) is 0 Å². The number of benzene rings is 2. The highest BCUT2D eigenvalue weighted by Crippen LogP contribution is 2.35. The van der Waals surface area contributed by atoms with Gasteiger partial charge in [0.15, 0.2) is 0 Å². The molecule has 0 saturated heterocycles. The summed E-state index contributed by atoms with van der Waals surface area (Å²) in [5.74, 6) is 0.594. The van der Waals surface area contributed by atoms with Gasteiger partial charge < -0.3 is 10.3 Å². The molecule has 0 fully saturated rings. The average molecular weight is 390 g/mol. The summed E-state index contributed by atoms with van der Waals surface area (Å²) < 4.78 is 1.22. The number of rotatable bonds is 4. The first-order valence-electron chi connectivity index (χ1n) is 8.42. The molecule has 5 rings (SSSR count). The third-order valence-corrected chi connectivity index (χ3v) is 6.29.